The number of imidazole rings is 1. The van der Waals surface area contributed by atoms with Crippen molar-refractivity contribution in [2.45, 2.75) is 6.92 Å². The third kappa shape index (κ3) is 3.11. The number of fused-ring (bicyclic) bond motifs is 1. The van der Waals surface area contributed by atoms with Gasteiger partial charge in [0.1, 0.15) is 23.0 Å². The molecule has 4 aromatic rings. The minimum absolute atomic E-state index is 0.0763. The molecule has 0 aliphatic heterocycles. The first kappa shape index (κ1) is 17.8. The molecule has 0 saturated carbocycles. The highest BCUT2D eigenvalue weighted by Crippen LogP contribution is 2.32. The molecule has 140 valence electrons. The molecule has 0 saturated heterocycles. The third-order valence-corrected chi connectivity index (χ3v) is 4.31. The van der Waals surface area contributed by atoms with Gasteiger partial charge in [0.2, 0.25) is 0 Å². The van der Waals surface area contributed by atoms with Gasteiger partial charge in [-0.3, -0.25) is 9.20 Å². The van der Waals surface area contributed by atoms with Gasteiger partial charge in [-0.1, -0.05) is 12.1 Å². The molecule has 1 N–H and O–H groups in total. The van der Waals surface area contributed by atoms with Crippen molar-refractivity contribution in [3.63, 3.8) is 0 Å². The van der Waals surface area contributed by atoms with Crippen LogP contribution in [-0.4, -0.2) is 15.3 Å². The summed E-state index contributed by atoms with van der Waals surface area (Å²) < 4.78 is 43.2. The molecule has 0 bridgehead atoms. The lowest BCUT2D eigenvalue weighted by Crippen LogP contribution is -2.14. The van der Waals surface area contributed by atoms with Crippen LogP contribution in [0.25, 0.3) is 16.9 Å². The largest absolute Gasteiger partial charge is 0.306 e. The quantitative estimate of drug-likeness (QED) is 0.544. The maximum Gasteiger partial charge on any atom is 0.256 e. The predicted molar refractivity (Wildman–Crippen MR) is 99.6 cm³/mol. The van der Waals surface area contributed by atoms with Crippen LogP contribution in [0.3, 0.4) is 0 Å². The van der Waals surface area contributed by atoms with Gasteiger partial charge >= 0.3 is 0 Å². The topological polar surface area (TPSA) is 46.4 Å². The number of anilines is 1. The Morgan fingerprint density at radius 1 is 1.04 bits per heavy atom. The van der Waals surface area contributed by atoms with Crippen molar-refractivity contribution in [1.82, 2.24) is 9.38 Å². The number of halogens is 3. The van der Waals surface area contributed by atoms with E-state index in [9.17, 15) is 18.0 Å². The van der Waals surface area contributed by atoms with Gasteiger partial charge < -0.3 is 5.32 Å². The molecule has 2 heterocycles. The fraction of sp³-hybridized carbons (Fsp3) is 0.0476. The van der Waals surface area contributed by atoms with Crippen LogP contribution in [0.15, 0.2) is 60.8 Å². The Balaban J connectivity index is 1.88. The zero-order valence-corrected chi connectivity index (χ0v) is 14.7. The fourth-order valence-corrected chi connectivity index (χ4v) is 2.95. The van der Waals surface area contributed by atoms with Gasteiger partial charge in [0.25, 0.3) is 5.91 Å². The van der Waals surface area contributed by atoms with E-state index < -0.39 is 23.4 Å². The van der Waals surface area contributed by atoms with Gasteiger partial charge in [-0.15, -0.1) is 0 Å². The van der Waals surface area contributed by atoms with Crippen molar-refractivity contribution in [3.8, 4) is 11.3 Å². The molecule has 4 rings (SSSR count). The van der Waals surface area contributed by atoms with E-state index in [1.54, 1.807) is 22.7 Å². The van der Waals surface area contributed by atoms with Crippen LogP contribution < -0.4 is 5.32 Å². The molecule has 4 nitrogen and oxygen atoms in total. The standard InChI is InChI=1S/C21H14F3N3O/c1-12-8-9-27-17(10-12)25-19(15-6-3-7-16(23)18(15)24)20(27)26-21(28)13-4-2-5-14(22)11-13/h2-11H,1H3,(H,26,28). The first-order valence-corrected chi connectivity index (χ1v) is 8.44. The minimum atomic E-state index is -1.07. The maximum atomic E-state index is 14.4. The summed E-state index contributed by atoms with van der Waals surface area (Å²) in [5.41, 5.74) is 1.44. The van der Waals surface area contributed by atoms with E-state index in [-0.39, 0.29) is 22.6 Å². The van der Waals surface area contributed by atoms with E-state index in [0.717, 1.165) is 17.7 Å². The van der Waals surface area contributed by atoms with Crippen molar-refractivity contribution >= 4 is 17.4 Å². The summed E-state index contributed by atoms with van der Waals surface area (Å²) in [6.07, 6.45) is 1.67. The Bertz CT molecular complexity index is 1220. The van der Waals surface area contributed by atoms with Gasteiger partial charge in [-0.25, -0.2) is 18.2 Å². The average Bonchev–Trinajstić information content (AvgIpc) is 3.01. The first-order valence-electron chi connectivity index (χ1n) is 8.44. The van der Waals surface area contributed by atoms with E-state index in [0.29, 0.717) is 5.65 Å². The lowest BCUT2D eigenvalue weighted by Gasteiger charge is -2.09. The highest BCUT2D eigenvalue weighted by molar-refractivity contribution is 6.05. The van der Waals surface area contributed by atoms with E-state index in [1.165, 1.54) is 30.3 Å². The van der Waals surface area contributed by atoms with E-state index in [4.69, 9.17) is 0 Å². The molecule has 0 unspecified atom stereocenters. The van der Waals surface area contributed by atoms with Gasteiger partial charge in [-0.05, 0) is 55.0 Å². The summed E-state index contributed by atoms with van der Waals surface area (Å²) in [5, 5.41) is 2.65. The summed E-state index contributed by atoms with van der Waals surface area (Å²) in [6, 6.07) is 12.5. The van der Waals surface area contributed by atoms with Crippen LogP contribution in [-0.2, 0) is 0 Å². The number of aromatic nitrogens is 2. The van der Waals surface area contributed by atoms with Crippen molar-refractivity contribution in [2.75, 3.05) is 5.32 Å². The number of nitrogens with zero attached hydrogens (tertiary/aromatic N) is 2. The SMILES string of the molecule is Cc1ccn2c(NC(=O)c3cccc(F)c3)c(-c3cccc(F)c3F)nc2c1. The van der Waals surface area contributed by atoms with Crippen LogP contribution in [0.2, 0.25) is 0 Å². The second-order valence-electron chi connectivity index (χ2n) is 6.31. The second kappa shape index (κ2) is 6.84. The Morgan fingerprint density at radius 3 is 2.61 bits per heavy atom. The van der Waals surface area contributed by atoms with Crippen LogP contribution in [0, 0.1) is 24.4 Å². The van der Waals surface area contributed by atoms with Gasteiger partial charge in [0.15, 0.2) is 11.6 Å². The molecule has 2 aromatic heterocycles. The Kier molecular flexibility index (Phi) is 4.35. The molecule has 0 fully saturated rings. The number of carbonyl (C=O) groups excluding carboxylic acids is 1. The molecule has 0 aliphatic rings. The third-order valence-electron chi connectivity index (χ3n) is 4.31. The summed E-state index contributed by atoms with van der Waals surface area (Å²) in [5.74, 6) is -3.08. The monoisotopic (exact) mass is 381 g/mol. The highest BCUT2D eigenvalue weighted by atomic mass is 19.2. The van der Waals surface area contributed by atoms with Crippen LogP contribution >= 0.6 is 0 Å². The molecule has 0 spiro atoms. The van der Waals surface area contributed by atoms with Crippen molar-refractivity contribution < 1.29 is 18.0 Å². The lowest BCUT2D eigenvalue weighted by atomic mass is 10.1. The van der Waals surface area contributed by atoms with Crippen LogP contribution in [0.5, 0.6) is 0 Å². The summed E-state index contributed by atoms with van der Waals surface area (Å²) in [6.45, 7) is 1.86. The molecule has 1 amide bonds. The normalized spacial score (nSPS) is 11.0. The zero-order valence-electron chi connectivity index (χ0n) is 14.7. The molecule has 0 radical (unpaired) electrons. The van der Waals surface area contributed by atoms with Crippen molar-refractivity contribution in [2.24, 2.45) is 0 Å². The number of aryl methyl sites for hydroxylation is 1. The number of benzene rings is 2. The van der Waals surface area contributed by atoms with Crippen LogP contribution in [0.4, 0.5) is 19.0 Å². The number of hydrogen-bond donors (Lipinski definition) is 1. The summed E-state index contributed by atoms with van der Waals surface area (Å²) in [4.78, 5) is 17.0. The lowest BCUT2D eigenvalue weighted by molar-refractivity contribution is 0.102. The van der Waals surface area contributed by atoms with Crippen molar-refractivity contribution in [3.05, 3.63) is 89.4 Å². The molecule has 2 aromatic carbocycles. The highest BCUT2D eigenvalue weighted by Gasteiger charge is 2.21. The number of carbonyl (C=O) groups is 1. The second-order valence-corrected chi connectivity index (χ2v) is 6.31. The average molecular weight is 381 g/mol. The van der Waals surface area contributed by atoms with E-state index in [2.05, 4.69) is 10.3 Å². The van der Waals surface area contributed by atoms with Gasteiger partial charge in [0, 0.05) is 17.3 Å². The molecular weight excluding hydrogens is 367 g/mol. The van der Waals surface area contributed by atoms with Crippen molar-refractivity contribution in [1.29, 1.82) is 0 Å². The number of hydrogen-bond acceptors (Lipinski definition) is 2. The number of rotatable bonds is 3. The number of nitrogens with one attached hydrogen (secondary N) is 1. The van der Waals surface area contributed by atoms with Gasteiger partial charge in [-0.2, -0.15) is 0 Å². The molecule has 28 heavy (non-hydrogen) atoms. The molecule has 0 atom stereocenters. The van der Waals surface area contributed by atoms with E-state index in [1.807, 2.05) is 6.92 Å². The Hall–Kier alpha value is -3.61. The molecule has 0 aliphatic carbocycles. The summed E-state index contributed by atoms with van der Waals surface area (Å²) >= 11 is 0. The van der Waals surface area contributed by atoms with Gasteiger partial charge in [0.05, 0.1) is 0 Å². The van der Waals surface area contributed by atoms with E-state index >= 15 is 0 Å². The summed E-state index contributed by atoms with van der Waals surface area (Å²) in [7, 11) is 0. The fourth-order valence-electron chi connectivity index (χ4n) is 2.95. The number of pyridine rings is 1. The van der Waals surface area contributed by atoms with Crippen LogP contribution in [0.1, 0.15) is 15.9 Å². The minimum Gasteiger partial charge on any atom is -0.306 e. The molecular formula is C21H14F3N3O. The predicted octanol–water partition coefficient (Wildman–Crippen LogP) is 4.98. The zero-order chi connectivity index (χ0) is 19.8. The smallest absolute Gasteiger partial charge is 0.256 e. The maximum absolute atomic E-state index is 14.4. The Labute approximate surface area is 158 Å². The number of amides is 1. The molecule has 7 heteroatoms. The first-order chi connectivity index (χ1) is 13.4. The Morgan fingerprint density at radius 2 is 1.82 bits per heavy atom.